The molecule has 0 unspecified atom stereocenters. The maximum absolute atomic E-state index is 12.3. The summed E-state index contributed by atoms with van der Waals surface area (Å²) in [4.78, 5) is 16.9. The van der Waals surface area contributed by atoms with Crippen molar-refractivity contribution in [2.24, 2.45) is 0 Å². The number of nitrogens with zero attached hydrogens (tertiary/aromatic N) is 2. The number of H-pyrrole nitrogens is 1. The fourth-order valence-electron chi connectivity index (χ4n) is 2.57. The Morgan fingerprint density at radius 3 is 2.92 bits per heavy atom. The number of carbonyl (C=O) groups excluding carboxylic acids is 1. The molecule has 24 heavy (non-hydrogen) atoms. The normalized spacial score (nSPS) is 14.0. The van der Waals surface area contributed by atoms with Gasteiger partial charge in [-0.2, -0.15) is 5.10 Å². The maximum Gasteiger partial charge on any atom is 0.272 e. The summed E-state index contributed by atoms with van der Waals surface area (Å²) in [5, 5.41) is 16.6. The molecule has 132 valence electrons. The summed E-state index contributed by atoms with van der Waals surface area (Å²) in [5.74, 6) is -0.113. The first-order chi connectivity index (χ1) is 10.9. The van der Waals surface area contributed by atoms with Crippen molar-refractivity contribution in [3.63, 3.8) is 0 Å². The summed E-state index contributed by atoms with van der Waals surface area (Å²) in [6, 6.07) is 0. The third-order valence-corrected chi connectivity index (χ3v) is 5.20. The van der Waals surface area contributed by atoms with Gasteiger partial charge in [0.1, 0.15) is 0 Å². The molecule has 0 atom stereocenters. The third kappa shape index (κ3) is 4.15. The lowest BCUT2D eigenvalue weighted by Gasteiger charge is -2.13. The number of amides is 1. The van der Waals surface area contributed by atoms with E-state index >= 15 is 0 Å². The lowest BCUT2D eigenvalue weighted by Crippen LogP contribution is -2.29. The van der Waals surface area contributed by atoms with Gasteiger partial charge >= 0.3 is 0 Å². The molecule has 6 nitrogen and oxygen atoms in total. The summed E-state index contributed by atoms with van der Waals surface area (Å²) in [5.41, 5.74) is 3.69. The van der Waals surface area contributed by atoms with Crippen molar-refractivity contribution in [2.75, 3.05) is 13.1 Å². The van der Waals surface area contributed by atoms with Gasteiger partial charge in [0.25, 0.3) is 5.91 Å². The summed E-state index contributed by atoms with van der Waals surface area (Å²) < 4.78 is 0. The third-order valence-electron chi connectivity index (χ3n) is 3.88. The van der Waals surface area contributed by atoms with Crippen LogP contribution in [0.25, 0.3) is 0 Å². The van der Waals surface area contributed by atoms with Crippen molar-refractivity contribution in [2.45, 2.75) is 45.6 Å². The Morgan fingerprint density at radius 2 is 2.21 bits per heavy atom. The van der Waals surface area contributed by atoms with E-state index in [4.69, 9.17) is 0 Å². The Morgan fingerprint density at radius 1 is 1.42 bits per heavy atom. The van der Waals surface area contributed by atoms with Crippen LogP contribution in [0.1, 0.15) is 53.2 Å². The minimum atomic E-state index is -0.113. The van der Waals surface area contributed by atoms with E-state index in [2.05, 4.69) is 52.0 Å². The largest absolute Gasteiger partial charge is 0.350 e. The Kier molecular flexibility index (Phi) is 6.01. The van der Waals surface area contributed by atoms with Crippen molar-refractivity contribution in [3.05, 3.63) is 33.0 Å². The van der Waals surface area contributed by atoms with E-state index in [1.807, 2.05) is 0 Å². The molecule has 0 bridgehead atoms. The van der Waals surface area contributed by atoms with Gasteiger partial charge in [0.05, 0.1) is 10.7 Å². The van der Waals surface area contributed by atoms with E-state index in [0.29, 0.717) is 18.8 Å². The number of aromatic nitrogens is 3. The van der Waals surface area contributed by atoms with Crippen LogP contribution in [0.5, 0.6) is 0 Å². The standard InChI is InChI=1S/C16H23N5OS.ClH/c1-16(2,3)15-19-10(9-23-15)4-7-18-14(22)13-11-8-17-6-5-12(11)20-21-13;/h9,17H,4-8H2,1-3H3,(H,18,22)(H,20,21);1H. The topological polar surface area (TPSA) is 82.7 Å². The van der Waals surface area contributed by atoms with Crippen LogP contribution in [0.15, 0.2) is 5.38 Å². The molecule has 0 radical (unpaired) electrons. The van der Waals surface area contributed by atoms with Crippen LogP contribution in [0.4, 0.5) is 0 Å². The number of carbonyl (C=O) groups is 1. The maximum atomic E-state index is 12.3. The highest BCUT2D eigenvalue weighted by molar-refractivity contribution is 7.09. The Bertz CT molecular complexity index is 704. The lowest BCUT2D eigenvalue weighted by molar-refractivity contribution is 0.0948. The highest BCUT2D eigenvalue weighted by Crippen LogP contribution is 2.25. The molecule has 1 amide bonds. The highest BCUT2D eigenvalue weighted by Gasteiger charge is 2.21. The van der Waals surface area contributed by atoms with Gasteiger partial charge < -0.3 is 10.6 Å². The minimum absolute atomic E-state index is 0. The van der Waals surface area contributed by atoms with Crippen molar-refractivity contribution in [3.8, 4) is 0 Å². The summed E-state index contributed by atoms with van der Waals surface area (Å²) >= 11 is 1.68. The summed E-state index contributed by atoms with van der Waals surface area (Å²) in [6.07, 6.45) is 1.63. The summed E-state index contributed by atoms with van der Waals surface area (Å²) in [6.45, 7) is 8.68. The predicted molar refractivity (Wildman–Crippen MR) is 98.1 cm³/mol. The Hall–Kier alpha value is -1.44. The van der Waals surface area contributed by atoms with Crippen LogP contribution in [0, 0.1) is 0 Å². The van der Waals surface area contributed by atoms with Gasteiger partial charge in [-0.05, 0) is 0 Å². The first-order valence-corrected chi connectivity index (χ1v) is 8.83. The van der Waals surface area contributed by atoms with Crippen LogP contribution < -0.4 is 10.6 Å². The highest BCUT2D eigenvalue weighted by atomic mass is 35.5. The zero-order valence-corrected chi connectivity index (χ0v) is 15.9. The number of hydrogen-bond acceptors (Lipinski definition) is 5. The fraction of sp³-hybridized carbons (Fsp3) is 0.562. The average Bonchev–Trinajstić information content (AvgIpc) is 3.13. The second-order valence-electron chi connectivity index (χ2n) is 6.86. The molecule has 3 heterocycles. The lowest BCUT2D eigenvalue weighted by atomic mass is 9.98. The molecule has 0 aliphatic carbocycles. The van der Waals surface area contributed by atoms with Gasteiger partial charge in [0, 0.05) is 54.5 Å². The quantitative estimate of drug-likeness (QED) is 0.771. The van der Waals surface area contributed by atoms with Crippen molar-refractivity contribution in [1.82, 2.24) is 25.8 Å². The van der Waals surface area contributed by atoms with E-state index < -0.39 is 0 Å². The van der Waals surface area contributed by atoms with Gasteiger partial charge in [-0.1, -0.05) is 20.8 Å². The van der Waals surface area contributed by atoms with E-state index in [0.717, 1.165) is 41.3 Å². The van der Waals surface area contributed by atoms with Crippen molar-refractivity contribution in [1.29, 1.82) is 0 Å². The molecule has 1 aliphatic heterocycles. The van der Waals surface area contributed by atoms with Crippen LogP contribution in [0.3, 0.4) is 0 Å². The van der Waals surface area contributed by atoms with Gasteiger partial charge in [0.15, 0.2) is 5.69 Å². The molecule has 8 heteroatoms. The van der Waals surface area contributed by atoms with Gasteiger partial charge in [-0.3, -0.25) is 9.89 Å². The number of fused-ring (bicyclic) bond motifs is 1. The van der Waals surface area contributed by atoms with Crippen LogP contribution >= 0.6 is 23.7 Å². The van der Waals surface area contributed by atoms with Crippen LogP contribution in [0.2, 0.25) is 0 Å². The van der Waals surface area contributed by atoms with E-state index in [9.17, 15) is 4.79 Å². The van der Waals surface area contributed by atoms with E-state index in [-0.39, 0.29) is 23.7 Å². The van der Waals surface area contributed by atoms with E-state index in [1.165, 1.54) is 0 Å². The number of nitrogens with one attached hydrogen (secondary N) is 3. The second-order valence-corrected chi connectivity index (χ2v) is 7.71. The first kappa shape index (κ1) is 18.9. The smallest absolute Gasteiger partial charge is 0.272 e. The minimum Gasteiger partial charge on any atom is -0.350 e. The van der Waals surface area contributed by atoms with Gasteiger partial charge in [-0.15, -0.1) is 23.7 Å². The zero-order valence-electron chi connectivity index (χ0n) is 14.2. The molecule has 0 aromatic carbocycles. The molecule has 0 fully saturated rings. The number of thiazole rings is 1. The molecular weight excluding hydrogens is 346 g/mol. The molecule has 3 rings (SSSR count). The SMILES string of the molecule is CC(C)(C)c1nc(CCNC(=O)c2n[nH]c3c2CNCC3)cs1.Cl. The molecule has 3 N–H and O–H groups in total. The van der Waals surface area contributed by atoms with Crippen molar-refractivity contribution >= 4 is 29.7 Å². The van der Waals surface area contributed by atoms with Crippen LogP contribution in [-0.4, -0.2) is 34.2 Å². The molecule has 0 saturated heterocycles. The number of aromatic amines is 1. The molecule has 0 spiro atoms. The summed E-state index contributed by atoms with van der Waals surface area (Å²) in [7, 11) is 0. The predicted octanol–water partition coefficient (Wildman–Crippen LogP) is 2.20. The first-order valence-electron chi connectivity index (χ1n) is 7.95. The fourth-order valence-corrected chi connectivity index (χ4v) is 3.51. The molecular formula is C16H24ClN5OS. The van der Waals surface area contributed by atoms with Crippen molar-refractivity contribution < 1.29 is 4.79 Å². The average molecular weight is 370 g/mol. The second kappa shape index (κ2) is 7.63. The number of rotatable bonds is 4. The molecule has 0 saturated carbocycles. The number of hydrogen-bond donors (Lipinski definition) is 3. The zero-order chi connectivity index (χ0) is 16.4. The monoisotopic (exact) mass is 369 g/mol. The Labute approximate surface area is 152 Å². The molecule has 2 aromatic heterocycles. The Balaban J connectivity index is 0.00000208. The van der Waals surface area contributed by atoms with Gasteiger partial charge in [-0.25, -0.2) is 4.98 Å². The van der Waals surface area contributed by atoms with Crippen LogP contribution in [-0.2, 0) is 24.8 Å². The molecule has 2 aromatic rings. The number of halogens is 1. The molecule has 1 aliphatic rings. The van der Waals surface area contributed by atoms with E-state index in [1.54, 1.807) is 11.3 Å². The van der Waals surface area contributed by atoms with Gasteiger partial charge in [0.2, 0.25) is 0 Å².